The first-order valence-electron chi connectivity index (χ1n) is 4.67. The molecule has 0 atom stereocenters. The van der Waals surface area contributed by atoms with Crippen molar-refractivity contribution in [3.63, 3.8) is 0 Å². The van der Waals surface area contributed by atoms with Gasteiger partial charge in [0.25, 0.3) is 0 Å². The molecule has 88 valence electrons. The third-order valence-corrected chi connectivity index (χ3v) is 6.05. The van der Waals surface area contributed by atoms with Crippen LogP contribution < -0.4 is 0 Å². The van der Waals surface area contributed by atoms with Crippen molar-refractivity contribution < 1.29 is 16.8 Å². The highest BCUT2D eigenvalue weighted by Gasteiger charge is 2.27. The standard InChI is InChI=1S/C10H6NO4S2/c12-16(13)9-5-7-3-1-2-4-8(7)6-10(9)17(14,15)11-16/h1-6H/q-1. The number of hydrogen-bond acceptors (Lipinski definition) is 4. The fourth-order valence-electron chi connectivity index (χ4n) is 1.81. The molecule has 17 heavy (non-hydrogen) atoms. The minimum atomic E-state index is -4.07. The smallest absolute Gasteiger partial charge is 0.113 e. The van der Waals surface area contributed by atoms with Gasteiger partial charge in [0.15, 0.2) is 0 Å². The van der Waals surface area contributed by atoms with Gasteiger partial charge in [-0.3, -0.25) is 0 Å². The van der Waals surface area contributed by atoms with E-state index in [1.807, 2.05) is 0 Å². The predicted molar refractivity (Wildman–Crippen MR) is 61.7 cm³/mol. The molecule has 1 aliphatic heterocycles. The Morgan fingerprint density at radius 3 is 1.59 bits per heavy atom. The van der Waals surface area contributed by atoms with Crippen LogP contribution in [0.2, 0.25) is 0 Å². The fraction of sp³-hybridized carbons (Fsp3) is 0. The lowest BCUT2D eigenvalue weighted by Gasteiger charge is -2.06. The van der Waals surface area contributed by atoms with Crippen LogP contribution in [0.5, 0.6) is 0 Å². The summed E-state index contributed by atoms with van der Waals surface area (Å²) in [5, 5.41) is 1.34. The summed E-state index contributed by atoms with van der Waals surface area (Å²) in [6.45, 7) is 0. The maximum Gasteiger partial charge on any atom is 0.113 e. The molecule has 7 heteroatoms. The second kappa shape index (κ2) is 3.06. The Morgan fingerprint density at radius 1 is 0.765 bits per heavy atom. The Hall–Kier alpha value is -1.44. The van der Waals surface area contributed by atoms with E-state index in [0.29, 0.717) is 10.8 Å². The Balaban J connectivity index is 2.54. The molecule has 0 bridgehead atoms. The molecule has 2 aromatic rings. The molecule has 0 saturated carbocycles. The molecule has 3 rings (SSSR count). The number of rotatable bonds is 0. The van der Waals surface area contributed by atoms with E-state index >= 15 is 0 Å². The van der Waals surface area contributed by atoms with Gasteiger partial charge in [-0.15, -0.1) is 0 Å². The van der Waals surface area contributed by atoms with Crippen LogP contribution >= 0.6 is 0 Å². The minimum absolute atomic E-state index is 0.240. The zero-order valence-corrected chi connectivity index (χ0v) is 9.99. The van der Waals surface area contributed by atoms with Gasteiger partial charge in [0.1, 0.15) is 20.0 Å². The largest absolute Gasteiger partial charge is 0.428 e. The van der Waals surface area contributed by atoms with Crippen LogP contribution in [0.25, 0.3) is 14.9 Å². The number of hydrogen-bond donors (Lipinski definition) is 0. The van der Waals surface area contributed by atoms with E-state index in [-0.39, 0.29) is 9.79 Å². The first-order chi connectivity index (χ1) is 7.90. The molecule has 5 nitrogen and oxygen atoms in total. The number of nitrogens with zero attached hydrogens (tertiary/aromatic N) is 1. The van der Waals surface area contributed by atoms with E-state index in [1.54, 1.807) is 24.3 Å². The molecular weight excluding hydrogens is 262 g/mol. The predicted octanol–water partition coefficient (Wildman–Crippen LogP) is 1.60. The molecule has 2 aromatic carbocycles. The number of fused-ring (bicyclic) bond motifs is 2. The minimum Gasteiger partial charge on any atom is -0.428 e. The third kappa shape index (κ3) is 1.47. The highest BCUT2D eigenvalue weighted by Crippen LogP contribution is 2.40. The lowest BCUT2D eigenvalue weighted by Crippen LogP contribution is -1.92. The lowest BCUT2D eigenvalue weighted by molar-refractivity contribution is 0.603. The highest BCUT2D eigenvalue weighted by molar-refractivity contribution is 8.14. The van der Waals surface area contributed by atoms with Crippen molar-refractivity contribution in [3.05, 3.63) is 40.5 Å². The average Bonchev–Trinajstić information content (AvgIpc) is 2.43. The summed E-state index contributed by atoms with van der Waals surface area (Å²) in [6.07, 6.45) is 0. The summed E-state index contributed by atoms with van der Waals surface area (Å²) in [5.74, 6) is 0. The Labute approximate surface area is 98.2 Å². The molecule has 1 aliphatic rings. The van der Waals surface area contributed by atoms with Gasteiger partial charge >= 0.3 is 0 Å². The van der Waals surface area contributed by atoms with Gasteiger partial charge in [-0.05, 0) is 22.9 Å². The van der Waals surface area contributed by atoms with E-state index in [9.17, 15) is 16.8 Å². The summed E-state index contributed by atoms with van der Waals surface area (Å²) in [6, 6.07) is 9.62. The molecule has 0 fully saturated rings. The first kappa shape index (κ1) is 10.7. The summed E-state index contributed by atoms with van der Waals surface area (Å²) < 4.78 is 49.2. The van der Waals surface area contributed by atoms with Crippen molar-refractivity contribution in [1.82, 2.24) is 0 Å². The summed E-state index contributed by atoms with van der Waals surface area (Å²) >= 11 is 0. The molecule has 1 heterocycles. The van der Waals surface area contributed by atoms with Crippen LogP contribution in [0.1, 0.15) is 0 Å². The first-order valence-corrected chi connectivity index (χ1v) is 7.55. The van der Waals surface area contributed by atoms with E-state index in [2.05, 4.69) is 4.13 Å². The van der Waals surface area contributed by atoms with Crippen molar-refractivity contribution in [1.29, 1.82) is 0 Å². The van der Waals surface area contributed by atoms with Gasteiger partial charge in [0.2, 0.25) is 0 Å². The second-order valence-corrected chi connectivity index (χ2v) is 7.05. The van der Waals surface area contributed by atoms with Crippen LogP contribution in [-0.2, 0) is 20.0 Å². The fourth-order valence-corrected chi connectivity index (χ4v) is 5.30. The van der Waals surface area contributed by atoms with Crippen LogP contribution in [0, 0.1) is 0 Å². The Kier molecular flexibility index (Phi) is 1.93. The molecule has 0 aromatic heterocycles. The molecule has 0 unspecified atom stereocenters. The quantitative estimate of drug-likeness (QED) is 0.726. The van der Waals surface area contributed by atoms with Crippen molar-refractivity contribution in [2.75, 3.05) is 0 Å². The zero-order valence-electron chi connectivity index (χ0n) is 8.36. The molecule has 0 amide bonds. The summed E-state index contributed by atoms with van der Waals surface area (Å²) in [4.78, 5) is -0.479. The topological polar surface area (TPSA) is 82.4 Å². The second-order valence-electron chi connectivity index (χ2n) is 3.67. The normalized spacial score (nSPS) is 20.2. The number of benzene rings is 2. The zero-order chi connectivity index (χ0) is 12.3. The van der Waals surface area contributed by atoms with E-state index in [1.165, 1.54) is 12.1 Å². The Morgan fingerprint density at radius 2 is 1.18 bits per heavy atom. The average molecular weight is 268 g/mol. The number of sulfonamides is 2. The maximum absolute atomic E-state index is 11.6. The lowest BCUT2D eigenvalue weighted by atomic mass is 10.1. The monoisotopic (exact) mass is 268 g/mol. The summed E-state index contributed by atoms with van der Waals surface area (Å²) in [5.41, 5.74) is 0. The molecule has 0 aliphatic carbocycles. The summed E-state index contributed by atoms with van der Waals surface area (Å²) in [7, 11) is -8.14. The van der Waals surface area contributed by atoms with Crippen molar-refractivity contribution in [2.45, 2.75) is 9.79 Å². The third-order valence-electron chi connectivity index (χ3n) is 2.56. The molecule has 0 saturated heterocycles. The Bertz CT molecular complexity index is 767. The van der Waals surface area contributed by atoms with Gasteiger partial charge in [0, 0.05) is 0 Å². The van der Waals surface area contributed by atoms with Crippen molar-refractivity contribution in [2.24, 2.45) is 0 Å². The SMILES string of the molecule is O=S1(=O)[N-]S(=O)(=O)c2cc3ccccc3cc21. The van der Waals surface area contributed by atoms with Gasteiger partial charge in [0.05, 0.1) is 9.79 Å². The van der Waals surface area contributed by atoms with Gasteiger partial charge in [-0.2, -0.15) is 0 Å². The van der Waals surface area contributed by atoms with Gasteiger partial charge in [-0.25, -0.2) is 16.8 Å². The van der Waals surface area contributed by atoms with Crippen molar-refractivity contribution >= 4 is 30.8 Å². The van der Waals surface area contributed by atoms with Gasteiger partial charge in [-0.1, -0.05) is 24.3 Å². The van der Waals surface area contributed by atoms with Crippen LogP contribution in [-0.4, -0.2) is 16.8 Å². The molecular formula is C10H6NO4S2-. The van der Waals surface area contributed by atoms with E-state index < -0.39 is 20.0 Å². The van der Waals surface area contributed by atoms with E-state index in [4.69, 9.17) is 0 Å². The maximum atomic E-state index is 11.6. The van der Waals surface area contributed by atoms with Crippen LogP contribution in [0.4, 0.5) is 0 Å². The highest BCUT2D eigenvalue weighted by atomic mass is 32.3. The van der Waals surface area contributed by atoms with Gasteiger partial charge < -0.3 is 4.13 Å². The van der Waals surface area contributed by atoms with Crippen molar-refractivity contribution in [3.8, 4) is 0 Å². The van der Waals surface area contributed by atoms with Crippen LogP contribution in [0.3, 0.4) is 0 Å². The molecule has 0 radical (unpaired) electrons. The van der Waals surface area contributed by atoms with E-state index in [0.717, 1.165) is 0 Å². The molecule has 0 spiro atoms. The molecule has 0 N–H and O–H groups in total. The van der Waals surface area contributed by atoms with Crippen LogP contribution in [0.15, 0.2) is 46.2 Å².